The Kier molecular flexibility index (Phi) is 4.57. The lowest BCUT2D eigenvalue weighted by atomic mass is 9.85. The molecule has 1 aromatic heterocycles. The number of piperidine rings is 2. The van der Waals surface area contributed by atoms with E-state index < -0.39 is 0 Å². The molecule has 1 aromatic carbocycles. The Morgan fingerprint density at radius 3 is 2.81 bits per heavy atom. The Labute approximate surface area is 154 Å². The van der Waals surface area contributed by atoms with E-state index in [0.717, 1.165) is 36.8 Å². The number of rotatable bonds is 3. The lowest BCUT2D eigenvalue weighted by molar-refractivity contribution is 0.0737. The van der Waals surface area contributed by atoms with Crippen molar-refractivity contribution < 1.29 is 4.79 Å². The summed E-state index contributed by atoms with van der Waals surface area (Å²) in [5.74, 6) is 0.286. The predicted octanol–water partition coefficient (Wildman–Crippen LogP) is 2.80. The molecule has 0 saturated carbocycles. The highest BCUT2D eigenvalue weighted by molar-refractivity contribution is 5.97. The zero-order valence-electron chi connectivity index (χ0n) is 15.6. The largest absolute Gasteiger partial charge is 0.349 e. The number of aromatic nitrogens is 1. The van der Waals surface area contributed by atoms with Crippen molar-refractivity contribution in [1.29, 1.82) is 0 Å². The molecule has 138 valence electrons. The van der Waals surface area contributed by atoms with Gasteiger partial charge in [0.15, 0.2) is 0 Å². The molecule has 3 unspecified atom stereocenters. The molecule has 3 heterocycles. The van der Waals surface area contributed by atoms with Crippen molar-refractivity contribution >= 4 is 16.8 Å². The Morgan fingerprint density at radius 1 is 1.19 bits per heavy atom. The SMILES string of the molecule is CC(C)n1c(=O)c(C(=O)NC2CCN3CCCC2C3)cc2ccccc21. The zero-order valence-corrected chi connectivity index (χ0v) is 15.6. The van der Waals surface area contributed by atoms with Crippen molar-refractivity contribution in [3.05, 3.63) is 46.2 Å². The van der Waals surface area contributed by atoms with Crippen molar-refractivity contribution in [1.82, 2.24) is 14.8 Å². The van der Waals surface area contributed by atoms with E-state index in [2.05, 4.69) is 10.2 Å². The highest BCUT2D eigenvalue weighted by atomic mass is 16.2. The molecule has 2 aliphatic heterocycles. The number of nitrogens with one attached hydrogen (secondary N) is 1. The summed E-state index contributed by atoms with van der Waals surface area (Å²) in [6.07, 6.45) is 3.34. The first-order valence-electron chi connectivity index (χ1n) is 9.72. The van der Waals surface area contributed by atoms with Gasteiger partial charge in [0, 0.05) is 25.2 Å². The number of carbonyl (C=O) groups is 1. The van der Waals surface area contributed by atoms with Gasteiger partial charge in [0.25, 0.3) is 11.5 Å². The monoisotopic (exact) mass is 353 g/mol. The first kappa shape index (κ1) is 17.3. The van der Waals surface area contributed by atoms with Crippen molar-refractivity contribution in [2.24, 2.45) is 5.92 Å². The van der Waals surface area contributed by atoms with Crippen LogP contribution in [0.4, 0.5) is 0 Å². The molecule has 0 radical (unpaired) electrons. The van der Waals surface area contributed by atoms with Crippen LogP contribution in [-0.4, -0.2) is 41.1 Å². The van der Waals surface area contributed by atoms with Crippen LogP contribution in [0.25, 0.3) is 10.9 Å². The van der Waals surface area contributed by atoms with Crippen molar-refractivity contribution in [3.63, 3.8) is 0 Å². The van der Waals surface area contributed by atoms with Crippen LogP contribution in [0.2, 0.25) is 0 Å². The van der Waals surface area contributed by atoms with Gasteiger partial charge in [-0.3, -0.25) is 9.59 Å². The lowest BCUT2D eigenvalue weighted by Gasteiger charge is -2.42. The van der Waals surface area contributed by atoms with E-state index in [9.17, 15) is 9.59 Å². The molecule has 0 aliphatic carbocycles. The summed E-state index contributed by atoms with van der Waals surface area (Å²) < 4.78 is 1.73. The van der Waals surface area contributed by atoms with Crippen molar-refractivity contribution in [2.75, 3.05) is 19.6 Å². The minimum atomic E-state index is -0.223. The second-order valence-electron chi connectivity index (χ2n) is 7.96. The number of hydrogen-bond donors (Lipinski definition) is 1. The number of pyridine rings is 1. The van der Waals surface area contributed by atoms with Gasteiger partial charge in [-0.1, -0.05) is 18.2 Å². The minimum Gasteiger partial charge on any atom is -0.349 e. The maximum absolute atomic E-state index is 13.0. The summed E-state index contributed by atoms with van der Waals surface area (Å²) >= 11 is 0. The Balaban J connectivity index is 1.66. The molecule has 2 aliphatic rings. The van der Waals surface area contributed by atoms with Crippen LogP contribution in [0.15, 0.2) is 35.1 Å². The van der Waals surface area contributed by atoms with Gasteiger partial charge >= 0.3 is 0 Å². The minimum absolute atomic E-state index is 0.00160. The maximum atomic E-state index is 13.0. The molecule has 1 amide bonds. The summed E-state index contributed by atoms with van der Waals surface area (Å²) in [5, 5.41) is 4.11. The third-order valence-corrected chi connectivity index (χ3v) is 5.89. The molecule has 2 aromatic rings. The molecule has 2 saturated heterocycles. The maximum Gasteiger partial charge on any atom is 0.264 e. The zero-order chi connectivity index (χ0) is 18.3. The van der Waals surface area contributed by atoms with Gasteiger partial charge in [-0.15, -0.1) is 0 Å². The molecular formula is C21H27N3O2. The predicted molar refractivity (Wildman–Crippen MR) is 104 cm³/mol. The third kappa shape index (κ3) is 3.05. The summed E-state index contributed by atoms with van der Waals surface area (Å²) in [6.45, 7) is 7.25. The van der Waals surface area contributed by atoms with Crippen molar-refractivity contribution in [2.45, 2.75) is 45.2 Å². The Morgan fingerprint density at radius 2 is 2.00 bits per heavy atom. The van der Waals surface area contributed by atoms with Gasteiger partial charge < -0.3 is 14.8 Å². The van der Waals surface area contributed by atoms with E-state index in [-0.39, 0.29) is 29.1 Å². The van der Waals surface area contributed by atoms with Crippen LogP contribution < -0.4 is 10.9 Å². The van der Waals surface area contributed by atoms with E-state index in [0.29, 0.717) is 5.92 Å². The van der Waals surface area contributed by atoms with Gasteiger partial charge in [-0.25, -0.2) is 0 Å². The van der Waals surface area contributed by atoms with E-state index in [1.54, 1.807) is 10.6 Å². The summed E-state index contributed by atoms with van der Waals surface area (Å²) in [5.41, 5.74) is 0.942. The molecule has 5 nitrogen and oxygen atoms in total. The first-order chi connectivity index (χ1) is 12.5. The van der Waals surface area contributed by atoms with Gasteiger partial charge in [0.2, 0.25) is 0 Å². The number of benzene rings is 1. The Hall–Kier alpha value is -2.14. The van der Waals surface area contributed by atoms with Gasteiger partial charge in [0.1, 0.15) is 5.56 Å². The van der Waals surface area contributed by atoms with E-state index in [1.807, 2.05) is 38.1 Å². The number of nitrogens with zero attached hydrogens (tertiary/aromatic N) is 2. The standard InChI is InChI=1S/C21H27N3O2/c1-14(2)24-19-8-4-3-6-15(19)12-17(21(24)26)20(25)22-18-9-11-23-10-5-7-16(18)13-23/h3-4,6,8,12,14,16,18H,5,7,9-11,13H2,1-2H3,(H,22,25). The fourth-order valence-corrected chi connectivity index (χ4v) is 4.58. The van der Waals surface area contributed by atoms with Crippen LogP contribution in [0, 0.1) is 5.92 Å². The number of fused-ring (bicyclic) bond motifs is 3. The summed E-state index contributed by atoms with van der Waals surface area (Å²) in [7, 11) is 0. The van der Waals surface area contributed by atoms with E-state index in [4.69, 9.17) is 0 Å². The molecule has 4 rings (SSSR count). The average Bonchev–Trinajstić information content (AvgIpc) is 2.63. The summed E-state index contributed by atoms with van der Waals surface area (Å²) in [6, 6.07) is 9.70. The van der Waals surface area contributed by atoms with Crippen LogP contribution in [-0.2, 0) is 0 Å². The number of amides is 1. The number of para-hydroxylation sites is 1. The first-order valence-corrected chi connectivity index (χ1v) is 9.72. The van der Waals surface area contributed by atoms with E-state index >= 15 is 0 Å². The molecule has 0 spiro atoms. The highest BCUT2D eigenvalue weighted by Crippen LogP contribution is 2.27. The van der Waals surface area contributed by atoms with Gasteiger partial charge in [0.05, 0.1) is 5.52 Å². The quantitative estimate of drug-likeness (QED) is 0.923. The number of carbonyl (C=O) groups excluding carboxylic acids is 1. The Bertz CT molecular complexity index is 886. The average molecular weight is 353 g/mol. The molecule has 26 heavy (non-hydrogen) atoms. The second kappa shape index (κ2) is 6.88. The molecule has 2 fully saturated rings. The molecule has 5 heteroatoms. The smallest absolute Gasteiger partial charge is 0.264 e. The van der Waals surface area contributed by atoms with Crippen LogP contribution in [0.3, 0.4) is 0 Å². The number of hydrogen-bond acceptors (Lipinski definition) is 3. The summed E-state index contributed by atoms with van der Waals surface area (Å²) in [4.78, 5) is 28.5. The molecule has 1 N–H and O–H groups in total. The highest BCUT2D eigenvalue weighted by Gasteiger charge is 2.33. The molecular weight excluding hydrogens is 326 g/mol. The normalized spacial score (nSPS) is 25.4. The molecule has 3 atom stereocenters. The van der Waals surface area contributed by atoms with Crippen molar-refractivity contribution in [3.8, 4) is 0 Å². The van der Waals surface area contributed by atoms with Crippen LogP contribution >= 0.6 is 0 Å². The topological polar surface area (TPSA) is 54.3 Å². The second-order valence-corrected chi connectivity index (χ2v) is 7.96. The molecule has 2 bridgehead atoms. The fraction of sp³-hybridized carbons (Fsp3) is 0.524. The van der Waals surface area contributed by atoms with Crippen LogP contribution in [0.1, 0.15) is 49.5 Å². The van der Waals surface area contributed by atoms with Crippen LogP contribution in [0.5, 0.6) is 0 Å². The fourth-order valence-electron chi connectivity index (χ4n) is 4.58. The van der Waals surface area contributed by atoms with Gasteiger partial charge in [-0.05, 0) is 63.1 Å². The third-order valence-electron chi connectivity index (χ3n) is 5.89. The van der Waals surface area contributed by atoms with E-state index in [1.165, 1.54) is 13.0 Å². The lowest BCUT2D eigenvalue weighted by Crippen LogP contribution is -2.54. The van der Waals surface area contributed by atoms with Gasteiger partial charge in [-0.2, -0.15) is 0 Å².